The van der Waals surface area contributed by atoms with E-state index in [1.807, 2.05) is 0 Å². The molecule has 0 aromatic heterocycles. The van der Waals surface area contributed by atoms with Crippen molar-refractivity contribution in [3.05, 3.63) is 0 Å². The quantitative estimate of drug-likeness (QED) is 0.435. The Morgan fingerprint density at radius 1 is 1.32 bits per heavy atom. The van der Waals surface area contributed by atoms with Gasteiger partial charge in [0.25, 0.3) is 0 Å². The van der Waals surface area contributed by atoms with Crippen LogP contribution in [-0.2, 0) is 9.53 Å². The molecule has 142 valence electrons. The number of nitrogens with zero attached hydrogens (tertiary/aromatic N) is 2. The number of unbranched alkanes of at least 4 members (excludes halogenated alkanes) is 1. The zero-order chi connectivity index (χ0) is 17.9. The molecule has 2 aliphatic carbocycles. The average Bonchev–Trinajstić information content (AvgIpc) is 3.24. The lowest BCUT2D eigenvalue weighted by Gasteiger charge is -2.57. The van der Waals surface area contributed by atoms with Gasteiger partial charge >= 0.3 is 0 Å². The lowest BCUT2D eigenvalue weighted by Crippen LogP contribution is -2.69. The molecular formula is C19H34N4O2. The number of rotatable bonds is 6. The van der Waals surface area contributed by atoms with Crippen LogP contribution in [0.4, 0.5) is 0 Å². The summed E-state index contributed by atoms with van der Waals surface area (Å²) in [5.74, 6) is 1.42. The van der Waals surface area contributed by atoms with Crippen LogP contribution in [0.15, 0.2) is 4.99 Å². The van der Waals surface area contributed by atoms with Crippen LogP contribution in [0.1, 0.15) is 51.9 Å². The summed E-state index contributed by atoms with van der Waals surface area (Å²) < 4.78 is 6.07. The van der Waals surface area contributed by atoms with Gasteiger partial charge < -0.3 is 20.3 Å². The Bertz CT molecular complexity index is 500. The summed E-state index contributed by atoms with van der Waals surface area (Å²) in [7, 11) is 3.55. The molecule has 1 aliphatic heterocycles. The van der Waals surface area contributed by atoms with Crippen molar-refractivity contribution in [1.82, 2.24) is 15.5 Å². The second kappa shape index (κ2) is 7.94. The summed E-state index contributed by atoms with van der Waals surface area (Å²) in [6.45, 7) is 4.16. The standard InChI is InChI=1S/C19H34N4O2/c1-4-5-11-20-18(21-13-15(24)23(2)3)22-16-14-8-12-25-17(14)19(16)9-6-7-10-19/h14,16-17H,4-13H2,1-3H3,(H2,20,21,22). The molecule has 1 saturated heterocycles. The summed E-state index contributed by atoms with van der Waals surface area (Å²) in [5, 5.41) is 7.13. The SMILES string of the molecule is CCCCNC(=NCC(=O)N(C)C)NC1C2CCOC2C12CCCC2. The largest absolute Gasteiger partial charge is 0.377 e. The molecule has 1 spiro atoms. The zero-order valence-corrected chi connectivity index (χ0v) is 16.0. The van der Waals surface area contributed by atoms with E-state index < -0.39 is 0 Å². The van der Waals surface area contributed by atoms with E-state index in [4.69, 9.17) is 4.74 Å². The molecule has 3 atom stereocenters. The molecule has 25 heavy (non-hydrogen) atoms. The number of guanidine groups is 1. The highest BCUT2D eigenvalue weighted by Crippen LogP contribution is 2.60. The smallest absolute Gasteiger partial charge is 0.243 e. The molecule has 0 bridgehead atoms. The Hall–Kier alpha value is -1.30. The maximum atomic E-state index is 11.9. The maximum absolute atomic E-state index is 11.9. The molecule has 6 heteroatoms. The molecular weight excluding hydrogens is 316 g/mol. The number of aliphatic imine (C=N–C) groups is 1. The molecule has 3 aliphatic rings. The van der Waals surface area contributed by atoms with Crippen molar-refractivity contribution in [2.45, 2.75) is 64.0 Å². The number of ether oxygens (including phenoxy) is 1. The van der Waals surface area contributed by atoms with E-state index in [-0.39, 0.29) is 12.5 Å². The first-order chi connectivity index (χ1) is 12.1. The van der Waals surface area contributed by atoms with Crippen LogP contribution in [0.25, 0.3) is 0 Å². The fourth-order valence-corrected chi connectivity index (χ4v) is 4.88. The number of hydrogen-bond acceptors (Lipinski definition) is 3. The van der Waals surface area contributed by atoms with Crippen LogP contribution >= 0.6 is 0 Å². The summed E-state index contributed by atoms with van der Waals surface area (Å²) in [6.07, 6.45) is 8.95. The maximum Gasteiger partial charge on any atom is 0.243 e. The van der Waals surface area contributed by atoms with Crippen molar-refractivity contribution >= 4 is 11.9 Å². The summed E-state index contributed by atoms with van der Waals surface area (Å²) in [6, 6.07) is 0.435. The predicted molar refractivity (Wildman–Crippen MR) is 99.6 cm³/mol. The first kappa shape index (κ1) is 18.5. The van der Waals surface area contributed by atoms with Gasteiger partial charge in [-0.1, -0.05) is 26.2 Å². The molecule has 0 aromatic rings. The summed E-state index contributed by atoms with van der Waals surface area (Å²) in [4.78, 5) is 18.1. The van der Waals surface area contributed by atoms with Gasteiger partial charge in [-0.15, -0.1) is 0 Å². The number of hydrogen-bond donors (Lipinski definition) is 2. The molecule has 3 fully saturated rings. The molecule has 0 radical (unpaired) electrons. The molecule has 1 amide bonds. The number of carbonyl (C=O) groups excluding carboxylic acids is 1. The van der Waals surface area contributed by atoms with Crippen molar-refractivity contribution in [2.75, 3.05) is 33.8 Å². The topological polar surface area (TPSA) is 66.0 Å². The van der Waals surface area contributed by atoms with Crippen molar-refractivity contribution < 1.29 is 9.53 Å². The number of carbonyl (C=O) groups is 1. The van der Waals surface area contributed by atoms with Gasteiger partial charge in [-0.25, -0.2) is 4.99 Å². The van der Waals surface area contributed by atoms with E-state index in [0.717, 1.165) is 38.4 Å². The van der Waals surface area contributed by atoms with Crippen molar-refractivity contribution in [3.63, 3.8) is 0 Å². The van der Waals surface area contributed by atoms with Crippen LogP contribution in [0.2, 0.25) is 0 Å². The Kier molecular flexibility index (Phi) is 5.87. The Balaban J connectivity index is 1.67. The zero-order valence-electron chi connectivity index (χ0n) is 16.0. The number of likely N-dealkylation sites (N-methyl/N-ethyl adjacent to an activating group) is 1. The highest BCUT2D eigenvalue weighted by molar-refractivity contribution is 5.85. The minimum atomic E-state index is 0.0304. The van der Waals surface area contributed by atoms with Crippen LogP contribution in [0, 0.1) is 11.3 Å². The van der Waals surface area contributed by atoms with E-state index in [1.165, 1.54) is 25.7 Å². The Morgan fingerprint density at radius 2 is 2.08 bits per heavy atom. The molecule has 3 unspecified atom stereocenters. The molecule has 2 N–H and O–H groups in total. The minimum absolute atomic E-state index is 0.0304. The third-order valence-corrected chi connectivity index (χ3v) is 6.27. The van der Waals surface area contributed by atoms with Crippen molar-refractivity contribution in [2.24, 2.45) is 16.3 Å². The molecule has 2 saturated carbocycles. The van der Waals surface area contributed by atoms with E-state index in [0.29, 0.717) is 23.5 Å². The fourth-order valence-electron chi connectivity index (χ4n) is 4.88. The van der Waals surface area contributed by atoms with Crippen molar-refractivity contribution in [1.29, 1.82) is 0 Å². The van der Waals surface area contributed by atoms with Gasteiger partial charge in [0.15, 0.2) is 5.96 Å². The lowest BCUT2D eigenvalue weighted by atomic mass is 9.54. The minimum Gasteiger partial charge on any atom is -0.377 e. The van der Waals surface area contributed by atoms with Gasteiger partial charge in [-0.2, -0.15) is 0 Å². The van der Waals surface area contributed by atoms with E-state index in [2.05, 4.69) is 22.5 Å². The molecule has 0 aromatic carbocycles. The first-order valence-corrected chi connectivity index (χ1v) is 9.95. The Morgan fingerprint density at radius 3 is 2.76 bits per heavy atom. The van der Waals surface area contributed by atoms with Crippen LogP contribution in [0.5, 0.6) is 0 Å². The molecule has 3 rings (SSSR count). The first-order valence-electron chi connectivity index (χ1n) is 9.95. The number of nitrogens with one attached hydrogen (secondary N) is 2. The lowest BCUT2D eigenvalue weighted by molar-refractivity contribution is -0.127. The van der Waals surface area contributed by atoms with E-state index in [9.17, 15) is 4.79 Å². The third kappa shape index (κ3) is 3.64. The number of amides is 1. The fraction of sp³-hybridized carbons (Fsp3) is 0.895. The van der Waals surface area contributed by atoms with E-state index in [1.54, 1.807) is 19.0 Å². The van der Waals surface area contributed by atoms with Crippen LogP contribution in [0.3, 0.4) is 0 Å². The number of fused-ring (bicyclic) bond motifs is 2. The van der Waals surface area contributed by atoms with Gasteiger partial charge in [0.05, 0.1) is 6.10 Å². The van der Waals surface area contributed by atoms with Crippen LogP contribution in [-0.4, -0.2) is 62.7 Å². The van der Waals surface area contributed by atoms with Gasteiger partial charge in [-0.3, -0.25) is 4.79 Å². The predicted octanol–water partition coefficient (Wildman–Crippen LogP) is 1.76. The third-order valence-electron chi connectivity index (χ3n) is 6.27. The van der Waals surface area contributed by atoms with Gasteiger partial charge in [0.2, 0.25) is 5.91 Å². The Labute approximate surface area is 151 Å². The second-order valence-corrected chi connectivity index (χ2v) is 8.04. The summed E-state index contributed by atoms with van der Waals surface area (Å²) >= 11 is 0. The van der Waals surface area contributed by atoms with Crippen molar-refractivity contribution in [3.8, 4) is 0 Å². The molecule has 6 nitrogen and oxygen atoms in total. The van der Waals surface area contributed by atoms with E-state index >= 15 is 0 Å². The second-order valence-electron chi connectivity index (χ2n) is 8.04. The highest BCUT2D eigenvalue weighted by atomic mass is 16.5. The normalized spacial score (nSPS) is 30.0. The average molecular weight is 351 g/mol. The van der Waals surface area contributed by atoms with Gasteiger partial charge in [0, 0.05) is 44.6 Å². The van der Waals surface area contributed by atoms with Crippen LogP contribution < -0.4 is 10.6 Å². The highest BCUT2D eigenvalue weighted by Gasteiger charge is 2.65. The monoisotopic (exact) mass is 350 g/mol. The summed E-state index contributed by atoms with van der Waals surface area (Å²) in [5.41, 5.74) is 0.292. The van der Waals surface area contributed by atoms with Gasteiger partial charge in [0.1, 0.15) is 6.54 Å². The molecule has 1 heterocycles. The van der Waals surface area contributed by atoms with Gasteiger partial charge in [-0.05, 0) is 25.7 Å².